The van der Waals surface area contributed by atoms with E-state index in [-0.39, 0.29) is 6.10 Å². The maximum Gasteiger partial charge on any atom is 0.167 e. The van der Waals surface area contributed by atoms with Crippen LogP contribution >= 0.6 is 0 Å². The van der Waals surface area contributed by atoms with Crippen molar-refractivity contribution < 1.29 is 14.9 Å². The first-order chi connectivity index (χ1) is 4.66. The summed E-state index contributed by atoms with van der Waals surface area (Å²) in [6.07, 6.45) is 1.19. The smallest absolute Gasteiger partial charge is 0.167 e. The topological polar surface area (TPSA) is 49.7 Å². The third kappa shape index (κ3) is 1.68. The summed E-state index contributed by atoms with van der Waals surface area (Å²) in [5.74, 6) is -1.03. The van der Waals surface area contributed by atoms with Crippen molar-refractivity contribution in [1.82, 2.24) is 0 Å². The first-order valence-electron chi connectivity index (χ1n) is 3.71. The van der Waals surface area contributed by atoms with Crippen LogP contribution in [-0.4, -0.2) is 28.7 Å². The van der Waals surface area contributed by atoms with E-state index in [4.69, 9.17) is 9.84 Å². The maximum absolute atomic E-state index is 9.48. The highest BCUT2D eigenvalue weighted by atomic mass is 16.6. The zero-order valence-corrected chi connectivity index (χ0v) is 6.21. The van der Waals surface area contributed by atoms with Gasteiger partial charge in [0, 0.05) is 19.4 Å². The highest BCUT2D eigenvalue weighted by Gasteiger charge is 2.36. The van der Waals surface area contributed by atoms with E-state index in [1.165, 1.54) is 0 Å². The van der Waals surface area contributed by atoms with E-state index >= 15 is 0 Å². The molecule has 0 heterocycles. The van der Waals surface area contributed by atoms with Crippen molar-refractivity contribution in [3.8, 4) is 0 Å². The Balaban J connectivity index is 2.38. The summed E-state index contributed by atoms with van der Waals surface area (Å²) in [4.78, 5) is 0. The molecule has 0 radical (unpaired) electrons. The minimum Gasteiger partial charge on any atom is -0.393 e. The minimum absolute atomic E-state index is 0.362. The SMILES string of the molecule is CCOC1(O)CCC(O)C1. The lowest BCUT2D eigenvalue weighted by atomic mass is 10.2. The summed E-state index contributed by atoms with van der Waals surface area (Å²) in [5, 5.41) is 18.5. The number of aliphatic hydroxyl groups is 2. The van der Waals surface area contributed by atoms with Crippen LogP contribution in [0.3, 0.4) is 0 Å². The van der Waals surface area contributed by atoms with E-state index in [0.717, 1.165) is 0 Å². The fourth-order valence-corrected chi connectivity index (χ4v) is 1.36. The second-order valence-corrected chi connectivity index (χ2v) is 2.78. The predicted molar refractivity (Wildman–Crippen MR) is 36.4 cm³/mol. The van der Waals surface area contributed by atoms with E-state index in [1.54, 1.807) is 0 Å². The Hall–Kier alpha value is -0.120. The summed E-state index contributed by atoms with van der Waals surface area (Å²) in [7, 11) is 0. The molecule has 2 N–H and O–H groups in total. The number of ether oxygens (including phenoxy) is 1. The first-order valence-corrected chi connectivity index (χ1v) is 3.71. The zero-order chi connectivity index (χ0) is 7.61. The minimum atomic E-state index is -1.03. The standard InChI is InChI=1S/C7H14O3/c1-2-10-7(9)4-3-6(8)5-7/h6,8-9H,2-5H2,1H3. The fourth-order valence-electron chi connectivity index (χ4n) is 1.36. The molecule has 1 aliphatic rings. The molecule has 0 amide bonds. The van der Waals surface area contributed by atoms with E-state index in [1.807, 2.05) is 6.92 Å². The van der Waals surface area contributed by atoms with Gasteiger partial charge >= 0.3 is 0 Å². The lowest BCUT2D eigenvalue weighted by Crippen LogP contribution is -2.29. The Labute approximate surface area is 60.6 Å². The maximum atomic E-state index is 9.48. The molecule has 60 valence electrons. The van der Waals surface area contributed by atoms with Gasteiger partial charge in [0.15, 0.2) is 5.79 Å². The van der Waals surface area contributed by atoms with Crippen LogP contribution in [0.2, 0.25) is 0 Å². The van der Waals surface area contributed by atoms with Gasteiger partial charge in [0.05, 0.1) is 6.10 Å². The predicted octanol–water partition coefficient (Wildman–Crippen LogP) is 0.256. The van der Waals surface area contributed by atoms with Crippen molar-refractivity contribution in [1.29, 1.82) is 0 Å². The summed E-state index contributed by atoms with van der Waals surface area (Å²) in [6.45, 7) is 2.34. The van der Waals surface area contributed by atoms with E-state index in [9.17, 15) is 5.11 Å². The number of rotatable bonds is 2. The first kappa shape index (κ1) is 7.98. The van der Waals surface area contributed by atoms with Gasteiger partial charge in [0.2, 0.25) is 0 Å². The Morgan fingerprint density at radius 3 is 2.80 bits per heavy atom. The van der Waals surface area contributed by atoms with Crippen LogP contribution in [0.5, 0.6) is 0 Å². The molecule has 10 heavy (non-hydrogen) atoms. The second-order valence-electron chi connectivity index (χ2n) is 2.78. The third-order valence-corrected chi connectivity index (χ3v) is 1.84. The second kappa shape index (κ2) is 2.86. The van der Waals surface area contributed by atoms with Gasteiger partial charge in [-0.3, -0.25) is 0 Å². The van der Waals surface area contributed by atoms with Crippen molar-refractivity contribution in [3.63, 3.8) is 0 Å². The largest absolute Gasteiger partial charge is 0.393 e. The quantitative estimate of drug-likeness (QED) is 0.549. The number of aliphatic hydroxyl groups excluding tert-OH is 1. The van der Waals surface area contributed by atoms with Crippen LogP contribution in [0, 0.1) is 0 Å². The molecule has 1 aliphatic carbocycles. The van der Waals surface area contributed by atoms with Gasteiger partial charge in [0.1, 0.15) is 0 Å². The summed E-state index contributed by atoms with van der Waals surface area (Å²) < 4.78 is 5.06. The Morgan fingerprint density at radius 2 is 2.40 bits per heavy atom. The Bertz CT molecular complexity index is 111. The lowest BCUT2D eigenvalue weighted by Gasteiger charge is -2.21. The van der Waals surface area contributed by atoms with Crippen LogP contribution in [0.25, 0.3) is 0 Å². The monoisotopic (exact) mass is 146 g/mol. The average Bonchev–Trinajstić information content (AvgIpc) is 2.12. The molecule has 0 aliphatic heterocycles. The number of hydrogen-bond donors (Lipinski definition) is 2. The molecule has 0 saturated heterocycles. The van der Waals surface area contributed by atoms with Crippen LogP contribution in [0.15, 0.2) is 0 Å². The molecule has 0 aromatic heterocycles. The van der Waals surface area contributed by atoms with E-state index in [2.05, 4.69) is 0 Å². The van der Waals surface area contributed by atoms with Crippen LogP contribution < -0.4 is 0 Å². The molecule has 3 nitrogen and oxygen atoms in total. The summed E-state index contributed by atoms with van der Waals surface area (Å²) in [6, 6.07) is 0. The van der Waals surface area contributed by atoms with Gasteiger partial charge in [-0.1, -0.05) is 0 Å². The molecular formula is C7H14O3. The van der Waals surface area contributed by atoms with Crippen molar-refractivity contribution in [2.45, 2.75) is 38.1 Å². The van der Waals surface area contributed by atoms with E-state index < -0.39 is 5.79 Å². The van der Waals surface area contributed by atoms with Crippen molar-refractivity contribution >= 4 is 0 Å². The number of hydrogen-bond acceptors (Lipinski definition) is 3. The molecule has 2 unspecified atom stereocenters. The Morgan fingerprint density at radius 1 is 1.70 bits per heavy atom. The molecule has 2 atom stereocenters. The van der Waals surface area contributed by atoms with Crippen molar-refractivity contribution in [3.05, 3.63) is 0 Å². The molecule has 0 bridgehead atoms. The van der Waals surface area contributed by atoms with Crippen molar-refractivity contribution in [2.75, 3.05) is 6.61 Å². The van der Waals surface area contributed by atoms with E-state index in [0.29, 0.717) is 25.9 Å². The van der Waals surface area contributed by atoms with Gasteiger partial charge in [-0.25, -0.2) is 0 Å². The van der Waals surface area contributed by atoms with Gasteiger partial charge in [-0.05, 0) is 13.3 Å². The molecule has 3 heteroatoms. The molecule has 1 saturated carbocycles. The molecule has 0 spiro atoms. The lowest BCUT2D eigenvalue weighted by molar-refractivity contribution is -0.198. The van der Waals surface area contributed by atoms with Gasteiger partial charge in [-0.15, -0.1) is 0 Å². The fraction of sp³-hybridized carbons (Fsp3) is 1.00. The summed E-state index contributed by atoms with van der Waals surface area (Å²) >= 11 is 0. The Kier molecular flexibility index (Phi) is 2.28. The molecule has 1 rings (SSSR count). The zero-order valence-electron chi connectivity index (χ0n) is 6.21. The van der Waals surface area contributed by atoms with Crippen molar-refractivity contribution in [2.24, 2.45) is 0 Å². The molecule has 1 fully saturated rings. The van der Waals surface area contributed by atoms with Gasteiger partial charge < -0.3 is 14.9 Å². The van der Waals surface area contributed by atoms with Crippen LogP contribution in [-0.2, 0) is 4.74 Å². The van der Waals surface area contributed by atoms with Gasteiger partial charge in [-0.2, -0.15) is 0 Å². The third-order valence-electron chi connectivity index (χ3n) is 1.84. The molecular weight excluding hydrogens is 132 g/mol. The van der Waals surface area contributed by atoms with Crippen LogP contribution in [0.1, 0.15) is 26.2 Å². The summed E-state index contributed by atoms with van der Waals surface area (Å²) in [5.41, 5.74) is 0. The van der Waals surface area contributed by atoms with Crippen LogP contribution in [0.4, 0.5) is 0 Å². The highest BCUT2D eigenvalue weighted by Crippen LogP contribution is 2.30. The normalized spacial score (nSPS) is 40.5. The molecule has 0 aromatic rings. The highest BCUT2D eigenvalue weighted by molar-refractivity contribution is 4.81. The van der Waals surface area contributed by atoms with Gasteiger partial charge in [0.25, 0.3) is 0 Å². The molecule has 0 aromatic carbocycles. The average molecular weight is 146 g/mol.